The molecule has 0 spiro atoms. The molecule has 0 fully saturated rings. The highest BCUT2D eigenvalue weighted by Crippen LogP contribution is 2.32. The van der Waals surface area contributed by atoms with Crippen LogP contribution >= 0.6 is 0 Å². The molecule has 0 saturated heterocycles. The number of aliphatic carboxylic acids is 1. The number of fused-ring (bicyclic) bond motifs is 1. The van der Waals surface area contributed by atoms with Gasteiger partial charge in [0.1, 0.15) is 0 Å². The molecule has 1 unspecified atom stereocenters. The molecule has 1 aromatic carbocycles. The lowest BCUT2D eigenvalue weighted by Crippen LogP contribution is -2.35. The maximum Gasteiger partial charge on any atom is 0.329 e. The third-order valence-electron chi connectivity index (χ3n) is 3.48. The van der Waals surface area contributed by atoms with Crippen LogP contribution in [0.5, 0.6) is 0 Å². The van der Waals surface area contributed by atoms with Crippen molar-refractivity contribution in [3.63, 3.8) is 0 Å². The van der Waals surface area contributed by atoms with Gasteiger partial charge >= 0.3 is 5.97 Å². The van der Waals surface area contributed by atoms with Gasteiger partial charge in [0.15, 0.2) is 6.04 Å². The van der Waals surface area contributed by atoms with Gasteiger partial charge in [-0.2, -0.15) is 0 Å². The Labute approximate surface area is 119 Å². The second-order valence-electron chi connectivity index (χ2n) is 4.84. The second kappa shape index (κ2) is 5.15. The molecule has 3 rings (SSSR count). The third-order valence-corrected chi connectivity index (χ3v) is 3.48. The molecule has 3 N–H and O–H groups in total. The Hall–Kier alpha value is -2.45. The number of aromatic nitrogens is 3. The van der Waals surface area contributed by atoms with Gasteiger partial charge in [0, 0.05) is 19.4 Å². The highest BCUT2D eigenvalue weighted by molar-refractivity contribution is 5.81. The summed E-state index contributed by atoms with van der Waals surface area (Å²) in [6.07, 6.45) is 2.36. The molecule has 0 radical (unpaired) electrons. The number of carboxylic acids is 1. The fourth-order valence-electron chi connectivity index (χ4n) is 2.41. The Balaban J connectivity index is 1.91. The molecule has 2 heterocycles. The monoisotopic (exact) mass is 290 g/mol. The van der Waals surface area contributed by atoms with E-state index in [0.29, 0.717) is 17.8 Å². The van der Waals surface area contributed by atoms with E-state index in [1.807, 2.05) is 0 Å². The first-order chi connectivity index (χ1) is 10.1. The number of benzene rings is 1. The van der Waals surface area contributed by atoms with Crippen molar-refractivity contribution in [3.8, 4) is 5.69 Å². The first-order valence-corrected chi connectivity index (χ1v) is 6.46. The smallest absolute Gasteiger partial charge is 0.329 e. The zero-order chi connectivity index (χ0) is 15.0. The Bertz CT molecular complexity index is 685. The Kier molecular flexibility index (Phi) is 3.32. The highest BCUT2D eigenvalue weighted by atomic mass is 16.5. The molecule has 0 bridgehead atoms. The van der Waals surface area contributed by atoms with E-state index >= 15 is 0 Å². The zero-order valence-electron chi connectivity index (χ0n) is 11.0. The summed E-state index contributed by atoms with van der Waals surface area (Å²) in [6.45, 7) is 0.00262. The van der Waals surface area contributed by atoms with Crippen LogP contribution in [0.25, 0.3) is 5.69 Å². The Morgan fingerprint density at radius 3 is 2.95 bits per heavy atom. The molecule has 1 aliphatic rings. The van der Waals surface area contributed by atoms with Crippen LogP contribution in [-0.2, 0) is 17.6 Å². The maximum absolute atomic E-state index is 11.1. The van der Waals surface area contributed by atoms with E-state index in [1.165, 1.54) is 0 Å². The molecule has 8 heteroatoms. The molecule has 110 valence electrons. The van der Waals surface area contributed by atoms with Gasteiger partial charge in [-0.15, -0.1) is 5.10 Å². The molecule has 1 atom stereocenters. The summed E-state index contributed by atoms with van der Waals surface area (Å²) in [5.41, 5.74) is 2.62. The van der Waals surface area contributed by atoms with Gasteiger partial charge in [-0.05, 0) is 23.8 Å². The number of carboxylic acid groups (broad SMARTS) is 1. The number of anilines is 1. The van der Waals surface area contributed by atoms with E-state index in [1.54, 1.807) is 29.1 Å². The number of carbonyl (C=O) groups is 1. The van der Waals surface area contributed by atoms with Crippen molar-refractivity contribution in [2.75, 3.05) is 11.7 Å². The summed E-state index contributed by atoms with van der Waals surface area (Å²) in [4.78, 5) is 11.1. The van der Waals surface area contributed by atoms with Crippen molar-refractivity contribution < 1.29 is 20.2 Å². The largest absolute Gasteiger partial charge is 0.480 e. The van der Waals surface area contributed by atoms with Crippen LogP contribution in [-0.4, -0.2) is 49.0 Å². The van der Waals surface area contributed by atoms with Crippen molar-refractivity contribution in [1.29, 1.82) is 0 Å². The predicted molar refractivity (Wildman–Crippen MR) is 71.5 cm³/mol. The minimum absolute atomic E-state index is 0.00262. The molecule has 1 aromatic heterocycles. The lowest BCUT2D eigenvalue weighted by molar-refractivity contribution is -0.139. The minimum atomic E-state index is -1.07. The third kappa shape index (κ3) is 2.34. The summed E-state index contributed by atoms with van der Waals surface area (Å²) >= 11 is 0. The molecule has 21 heavy (non-hydrogen) atoms. The molecular weight excluding hydrogens is 276 g/mol. The zero-order valence-corrected chi connectivity index (χ0v) is 11.0. The molecule has 8 nitrogen and oxygen atoms in total. The number of hydrogen-bond acceptors (Lipinski definition) is 6. The lowest BCUT2D eigenvalue weighted by Gasteiger charge is -2.15. The van der Waals surface area contributed by atoms with Crippen LogP contribution < -0.4 is 5.06 Å². The Morgan fingerprint density at radius 1 is 1.43 bits per heavy atom. The first kappa shape index (κ1) is 13.5. The van der Waals surface area contributed by atoms with E-state index in [4.69, 9.17) is 10.2 Å². The van der Waals surface area contributed by atoms with Crippen molar-refractivity contribution in [2.24, 2.45) is 0 Å². The van der Waals surface area contributed by atoms with Gasteiger partial charge in [-0.3, -0.25) is 5.21 Å². The first-order valence-electron chi connectivity index (χ1n) is 6.46. The van der Waals surface area contributed by atoms with Crippen LogP contribution in [0.4, 0.5) is 5.69 Å². The fourth-order valence-corrected chi connectivity index (χ4v) is 2.41. The maximum atomic E-state index is 11.1. The quantitative estimate of drug-likeness (QED) is 0.727. The number of hydrogen-bond donors (Lipinski definition) is 3. The van der Waals surface area contributed by atoms with Crippen LogP contribution in [0, 0.1) is 0 Å². The van der Waals surface area contributed by atoms with Gasteiger partial charge in [0.05, 0.1) is 23.3 Å². The summed E-state index contributed by atoms with van der Waals surface area (Å²) in [5.74, 6) is -1.07. The minimum Gasteiger partial charge on any atom is -0.480 e. The summed E-state index contributed by atoms with van der Waals surface area (Å²) in [6, 6.07) is 4.19. The molecule has 2 aromatic rings. The topological polar surface area (TPSA) is 112 Å². The molecule has 0 aliphatic carbocycles. The summed E-state index contributed by atoms with van der Waals surface area (Å²) in [5, 5.41) is 36.4. The van der Waals surface area contributed by atoms with Crippen molar-refractivity contribution in [3.05, 3.63) is 35.7 Å². The van der Waals surface area contributed by atoms with Crippen molar-refractivity contribution in [1.82, 2.24) is 15.0 Å². The normalized spacial score (nSPS) is 17.0. The second-order valence-corrected chi connectivity index (χ2v) is 4.84. The van der Waals surface area contributed by atoms with E-state index < -0.39 is 12.0 Å². The van der Waals surface area contributed by atoms with Gasteiger partial charge in [0.2, 0.25) is 0 Å². The van der Waals surface area contributed by atoms with E-state index in [2.05, 4.69) is 10.3 Å². The van der Waals surface area contributed by atoms with Gasteiger partial charge in [0.25, 0.3) is 0 Å². The Morgan fingerprint density at radius 2 is 2.24 bits per heavy atom. The van der Waals surface area contributed by atoms with E-state index in [9.17, 15) is 10.0 Å². The summed E-state index contributed by atoms with van der Waals surface area (Å²) in [7, 11) is 0. The van der Waals surface area contributed by atoms with Gasteiger partial charge < -0.3 is 10.2 Å². The number of aliphatic hydroxyl groups excluding tert-OH is 1. The average molecular weight is 290 g/mol. The van der Waals surface area contributed by atoms with E-state index in [0.717, 1.165) is 16.3 Å². The van der Waals surface area contributed by atoms with Crippen molar-refractivity contribution in [2.45, 2.75) is 18.9 Å². The van der Waals surface area contributed by atoms with Crippen LogP contribution in [0.2, 0.25) is 0 Å². The van der Waals surface area contributed by atoms with E-state index in [-0.39, 0.29) is 13.0 Å². The van der Waals surface area contributed by atoms with Crippen molar-refractivity contribution >= 4 is 11.7 Å². The standard InChI is InChI=1S/C13H14N4O4/c18-4-3-9-7-16(15-14-9)10-1-2-11-8(5-10)6-12(13(19)20)17(11)21/h1-2,5,7,12,18,21H,3-4,6H2,(H,19,20). The molecular formula is C13H14N4O4. The fraction of sp³-hybridized carbons (Fsp3) is 0.308. The number of nitrogens with zero attached hydrogens (tertiary/aromatic N) is 4. The number of rotatable bonds is 4. The van der Waals surface area contributed by atoms with Gasteiger partial charge in [-0.25, -0.2) is 14.5 Å². The van der Waals surface area contributed by atoms with Gasteiger partial charge in [-0.1, -0.05) is 5.21 Å². The van der Waals surface area contributed by atoms with Crippen LogP contribution in [0.3, 0.4) is 0 Å². The molecule has 1 aliphatic heterocycles. The van der Waals surface area contributed by atoms with Crippen LogP contribution in [0.15, 0.2) is 24.4 Å². The molecule has 0 amide bonds. The predicted octanol–water partition coefficient (Wildman–Crippen LogP) is 0.00700. The average Bonchev–Trinajstić information content (AvgIpc) is 3.04. The summed E-state index contributed by atoms with van der Waals surface area (Å²) < 4.78 is 1.56. The SMILES string of the molecule is O=C(O)C1Cc2cc(-n3cc(CCO)nn3)ccc2N1O. The molecule has 0 saturated carbocycles. The number of hydroxylamine groups is 1. The number of aliphatic hydroxyl groups is 1. The van der Waals surface area contributed by atoms with Crippen LogP contribution in [0.1, 0.15) is 11.3 Å². The highest BCUT2D eigenvalue weighted by Gasteiger charge is 2.34. The lowest BCUT2D eigenvalue weighted by atomic mass is 10.1.